The fraction of sp³-hybridized carbons (Fsp3) is 0.400. The van der Waals surface area contributed by atoms with Gasteiger partial charge in [-0.25, -0.2) is 13.0 Å². The van der Waals surface area contributed by atoms with E-state index >= 15 is 0 Å². The van der Waals surface area contributed by atoms with Gasteiger partial charge in [0.1, 0.15) is 0 Å². The summed E-state index contributed by atoms with van der Waals surface area (Å²) in [5.74, 6) is 0. The number of benzene rings is 1. The molecule has 0 aliphatic carbocycles. The monoisotopic (exact) mass is 278 g/mol. The Kier molecular flexibility index (Phi) is 4.89. The van der Waals surface area contributed by atoms with E-state index in [-0.39, 0.29) is 18.1 Å². The molecule has 1 aromatic carbocycles. The molecule has 5 nitrogen and oxygen atoms in total. The van der Waals surface area contributed by atoms with Crippen LogP contribution in [0, 0.1) is 0 Å². The van der Waals surface area contributed by atoms with Crippen molar-refractivity contribution in [2.45, 2.75) is 18.7 Å². The number of hydrogen-bond acceptors (Lipinski definition) is 5. The second kappa shape index (κ2) is 5.78. The second-order valence-electron chi connectivity index (χ2n) is 3.07. The van der Waals surface area contributed by atoms with Gasteiger partial charge in [0.05, 0.1) is 18.1 Å². The van der Waals surface area contributed by atoms with E-state index in [4.69, 9.17) is 9.05 Å². The minimum Gasteiger partial charge on any atom is -0.298 e. The maximum absolute atomic E-state index is 12.2. The zero-order valence-corrected chi connectivity index (χ0v) is 11.4. The molecule has 17 heavy (non-hydrogen) atoms. The topological polar surface area (TPSA) is 69.7 Å². The van der Waals surface area contributed by atoms with Crippen molar-refractivity contribution in [1.82, 2.24) is 0 Å². The van der Waals surface area contributed by atoms with Crippen molar-refractivity contribution in [3.63, 3.8) is 0 Å². The lowest BCUT2D eigenvalue weighted by Gasteiger charge is -2.16. The average Bonchev–Trinajstić information content (AvgIpc) is 2.30. The predicted molar refractivity (Wildman–Crippen MR) is 64.5 cm³/mol. The summed E-state index contributed by atoms with van der Waals surface area (Å²) >= 11 is 0. The summed E-state index contributed by atoms with van der Waals surface area (Å²) in [6.07, 6.45) is 0. The first-order chi connectivity index (χ1) is 7.98. The Balaban J connectivity index is 3.24. The Morgan fingerprint density at radius 1 is 1.06 bits per heavy atom. The van der Waals surface area contributed by atoms with E-state index < -0.39 is 16.3 Å². The van der Waals surface area contributed by atoms with Gasteiger partial charge in [0.2, 0.25) is 0 Å². The van der Waals surface area contributed by atoms with Crippen LogP contribution < -0.4 is 0 Å². The minimum atomic E-state index is -4.17. The van der Waals surface area contributed by atoms with Crippen molar-refractivity contribution in [2.75, 3.05) is 13.2 Å². The molecule has 0 heterocycles. The van der Waals surface area contributed by atoms with Gasteiger partial charge in [0.25, 0.3) is 9.46 Å². The van der Waals surface area contributed by atoms with Crippen molar-refractivity contribution in [3.8, 4) is 0 Å². The third kappa shape index (κ3) is 2.96. The molecule has 0 aromatic heterocycles. The van der Waals surface area contributed by atoms with Crippen LogP contribution in [0.3, 0.4) is 0 Å². The first-order valence-electron chi connectivity index (χ1n) is 5.17. The van der Waals surface area contributed by atoms with Crippen LogP contribution in [0.4, 0.5) is 0 Å². The maximum atomic E-state index is 12.2. The molecule has 0 aliphatic heterocycles. The summed E-state index contributed by atoms with van der Waals surface area (Å²) < 4.78 is 46.1. The van der Waals surface area contributed by atoms with Crippen LogP contribution in [0.5, 0.6) is 0 Å². The lowest BCUT2D eigenvalue weighted by molar-refractivity contribution is 0.234. The average molecular weight is 278 g/mol. The smallest absolute Gasteiger partial charge is 0.298 e. The fourth-order valence-electron chi connectivity index (χ4n) is 1.21. The Bertz CT molecular complexity index is 487. The molecule has 0 fully saturated rings. The van der Waals surface area contributed by atoms with Crippen LogP contribution in [0.15, 0.2) is 35.2 Å². The van der Waals surface area contributed by atoms with Gasteiger partial charge < -0.3 is 0 Å². The van der Waals surface area contributed by atoms with Crippen LogP contribution in [0.2, 0.25) is 0 Å². The van der Waals surface area contributed by atoms with E-state index in [1.54, 1.807) is 32.0 Å². The summed E-state index contributed by atoms with van der Waals surface area (Å²) in [7, 11) is -4.11. The fourth-order valence-corrected chi connectivity index (χ4v) is 5.56. The SMILES string of the molecule is CCOP(=O)(OCC)S(=O)(=O)c1ccccc1. The van der Waals surface area contributed by atoms with Crippen LogP contribution in [0.25, 0.3) is 0 Å². The van der Waals surface area contributed by atoms with Crippen LogP contribution in [-0.4, -0.2) is 21.6 Å². The van der Waals surface area contributed by atoms with Crippen molar-refractivity contribution >= 4 is 16.3 Å². The molecule has 0 radical (unpaired) electrons. The van der Waals surface area contributed by atoms with E-state index in [1.807, 2.05) is 0 Å². The molecule has 0 amide bonds. The van der Waals surface area contributed by atoms with Crippen molar-refractivity contribution in [2.24, 2.45) is 0 Å². The van der Waals surface area contributed by atoms with Gasteiger partial charge >= 0.3 is 6.80 Å². The molecule has 0 saturated carbocycles. The molecule has 0 N–H and O–H groups in total. The van der Waals surface area contributed by atoms with Crippen LogP contribution in [-0.2, 0) is 23.1 Å². The zero-order valence-electron chi connectivity index (χ0n) is 9.70. The molecule has 0 aliphatic rings. The van der Waals surface area contributed by atoms with Gasteiger partial charge in [-0.3, -0.25) is 9.05 Å². The second-order valence-corrected chi connectivity index (χ2v) is 8.69. The highest BCUT2D eigenvalue weighted by atomic mass is 32.8. The lowest BCUT2D eigenvalue weighted by Crippen LogP contribution is -2.08. The molecule has 1 rings (SSSR count). The summed E-state index contributed by atoms with van der Waals surface area (Å²) in [5.41, 5.74) is 0. The first-order valence-corrected chi connectivity index (χ1v) is 8.80. The molecule has 0 unspecified atom stereocenters. The van der Waals surface area contributed by atoms with Crippen molar-refractivity contribution in [1.29, 1.82) is 0 Å². The Hall–Kier alpha value is -0.680. The van der Waals surface area contributed by atoms with E-state index in [9.17, 15) is 13.0 Å². The first kappa shape index (κ1) is 14.4. The Labute approximate surface area is 101 Å². The normalized spacial score (nSPS) is 12.6. The number of hydrogen-bond donors (Lipinski definition) is 0. The van der Waals surface area contributed by atoms with Crippen molar-refractivity contribution in [3.05, 3.63) is 30.3 Å². The quantitative estimate of drug-likeness (QED) is 0.748. The maximum Gasteiger partial charge on any atom is 0.449 e. The lowest BCUT2D eigenvalue weighted by atomic mass is 10.4. The molecule has 0 bridgehead atoms. The molecule has 0 spiro atoms. The third-order valence-corrected chi connectivity index (χ3v) is 7.55. The van der Waals surface area contributed by atoms with Gasteiger partial charge in [0.15, 0.2) is 0 Å². The summed E-state index contributed by atoms with van der Waals surface area (Å²) in [5, 5.41) is 0. The van der Waals surface area contributed by atoms with Gasteiger partial charge in [0, 0.05) is 0 Å². The molecule has 96 valence electrons. The largest absolute Gasteiger partial charge is 0.449 e. The molecular formula is C10H15O5PS. The van der Waals surface area contributed by atoms with Crippen molar-refractivity contribution < 1.29 is 22.0 Å². The summed E-state index contributed by atoms with van der Waals surface area (Å²) in [6, 6.07) is 7.50. The molecule has 7 heteroatoms. The van der Waals surface area contributed by atoms with E-state index in [2.05, 4.69) is 0 Å². The Morgan fingerprint density at radius 3 is 1.94 bits per heavy atom. The van der Waals surface area contributed by atoms with E-state index in [0.717, 1.165) is 0 Å². The van der Waals surface area contributed by atoms with Gasteiger partial charge in [-0.05, 0) is 26.0 Å². The van der Waals surface area contributed by atoms with Crippen LogP contribution >= 0.6 is 6.80 Å². The van der Waals surface area contributed by atoms with Gasteiger partial charge in [-0.2, -0.15) is 0 Å². The molecular weight excluding hydrogens is 263 g/mol. The zero-order chi connectivity index (χ0) is 12.9. The summed E-state index contributed by atoms with van der Waals surface area (Å²) in [6.45, 7) is -1.04. The molecule has 0 saturated heterocycles. The summed E-state index contributed by atoms with van der Waals surface area (Å²) in [4.78, 5) is -0.0646. The third-order valence-electron chi connectivity index (χ3n) is 1.91. The Morgan fingerprint density at radius 2 is 1.53 bits per heavy atom. The molecule has 0 atom stereocenters. The predicted octanol–water partition coefficient (Wildman–Crippen LogP) is 2.64. The highest BCUT2D eigenvalue weighted by molar-refractivity contribution is 8.49. The van der Waals surface area contributed by atoms with Gasteiger partial charge in [-0.1, -0.05) is 18.2 Å². The van der Waals surface area contributed by atoms with Gasteiger partial charge in [-0.15, -0.1) is 0 Å². The minimum absolute atomic E-state index is 0.00331. The standard InChI is InChI=1S/C10H15O5PS/c1-3-14-16(11,15-4-2)17(12,13)10-8-6-5-7-9-10/h5-9H,3-4H2,1-2H3. The highest BCUT2D eigenvalue weighted by Crippen LogP contribution is 2.57. The van der Waals surface area contributed by atoms with Crippen LogP contribution in [0.1, 0.15) is 13.8 Å². The van der Waals surface area contributed by atoms with E-state index in [1.165, 1.54) is 12.1 Å². The molecule has 1 aromatic rings. The van der Waals surface area contributed by atoms with E-state index in [0.29, 0.717) is 0 Å². The highest BCUT2D eigenvalue weighted by Gasteiger charge is 2.42. The number of rotatable bonds is 6.